The molecule has 26 heavy (non-hydrogen) atoms. The lowest BCUT2D eigenvalue weighted by atomic mass is 9.95. The van der Waals surface area contributed by atoms with Crippen LogP contribution in [0.4, 0.5) is 4.79 Å². The van der Waals surface area contributed by atoms with Crippen LogP contribution in [0.1, 0.15) is 47.0 Å². The molecule has 1 amide bonds. The first-order valence-corrected chi connectivity index (χ1v) is 10.2. The van der Waals surface area contributed by atoms with Crippen LogP contribution in [0.2, 0.25) is 0 Å². The highest BCUT2D eigenvalue weighted by Crippen LogP contribution is 2.22. The number of β-amino-alcohol motifs (C(OH)–C–C–N with tert-alkyl or cyclic N) is 1. The second-order valence-electron chi connectivity index (χ2n) is 9.40. The summed E-state index contributed by atoms with van der Waals surface area (Å²) in [4.78, 5) is 18.9. The van der Waals surface area contributed by atoms with Gasteiger partial charge in [-0.3, -0.25) is 0 Å². The summed E-state index contributed by atoms with van der Waals surface area (Å²) >= 11 is 0. The van der Waals surface area contributed by atoms with Crippen molar-refractivity contribution in [3.8, 4) is 0 Å². The number of nitrogens with zero attached hydrogens (tertiary/aromatic N) is 3. The molecule has 1 N–H and O–H groups in total. The monoisotopic (exact) mass is 369 g/mol. The fourth-order valence-corrected chi connectivity index (χ4v) is 4.16. The van der Waals surface area contributed by atoms with Crippen molar-refractivity contribution in [2.45, 2.75) is 58.7 Å². The standard InChI is InChI=1S/C20H39N3O3/c1-16(24)12-22-9-6-17(7-10-22)13-21(5)14-18-8-11-23(15-18)19(25)26-20(2,3)4/h16-18,24H,6-15H2,1-5H3/t16-,18+/m0/s1. The molecule has 0 spiro atoms. The van der Waals surface area contributed by atoms with Crippen LogP contribution in [0.25, 0.3) is 0 Å². The predicted molar refractivity (Wildman–Crippen MR) is 104 cm³/mol. The summed E-state index contributed by atoms with van der Waals surface area (Å²) in [5.74, 6) is 1.29. The zero-order valence-corrected chi connectivity index (χ0v) is 17.4. The molecule has 2 aliphatic heterocycles. The molecule has 0 aromatic rings. The van der Waals surface area contributed by atoms with E-state index in [0.717, 1.165) is 58.2 Å². The number of aliphatic hydroxyl groups is 1. The SMILES string of the molecule is C[C@H](O)CN1CCC(CN(C)C[C@H]2CCN(C(=O)OC(C)(C)C)C2)CC1. The van der Waals surface area contributed by atoms with Gasteiger partial charge in [-0.15, -0.1) is 0 Å². The average molecular weight is 370 g/mol. The third kappa shape index (κ3) is 7.41. The van der Waals surface area contributed by atoms with Crippen LogP contribution in [0.5, 0.6) is 0 Å². The highest BCUT2D eigenvalue weighted by atomic mass is 16.6. The van der Waals surface area contributed by atoms with Crippen molar-refractivity contribution in [3.05, 3.63) is 0 Å². The summed E-state index contributed by atoms with van der Waals surface area (Å²) in [6.07, 6.45) is 3.09. The van der Waals surface area contributed by atoms with Crippen molar-refractivity contribution in [2.24, 2.45) is 11.8 Å². The molecule has 2 aliphatic rings. The number of piperidine rings is 1. The second kappa shape index (κ2) is 9.38. The minimum absolute atomic E-state index is 0.173. The van der Waals surface area contributed by atoms with Gasteiger partial charge in [0.1, 0.15) is 5.60 Å². The number of rotatable bonds is 6. The van der Waals surface area contributed by atoms with E-state index in [1.807, 2.05) is 32.6 Å². The van der Waals surface area contributed by atoms with Crippen LogP contribution in [0.3, 0.4) is 0 Å². The van der Waals surface area contributed by atoms with Crippen LogP contribution < -0.4 is 0 Å². The summed E-state index contributed by atoms with van der Waals surface area (Å²) < 4.78 is 5.48. The fourth-order valence-electron chi connectivity index (χ4n) is 4.16. The molecule has 2 fully saturated rings. The summed E-state index contributed by atoms with van der Waals surface area (Å²) in [7, 11) is 2.21. The number of ether oxygens (including phenoxy) is 1. The summed E-state index contributed by atoms with van der Waals surface area (Å²) in [6, 6.07) is 0. The molecule has 0 aliphatic carbocycles. The molecule has 2 rings (SSSR count). The highest BCUT2D eigenvalue weighted by molar-refractivity contribution is 5.68. The van der Waals surface area contributed by atoms with Crippen LogP contribution in [0.15, 0.2) is 0 Å². The van der Waals surface area contributed by atoms with Gasteiger partial charge in [0.25, 0.3) is 0 Å². The molecule has 0 aromatic heterocycles. The second-order valence-corrected chi connectivity index (χ2v) is 9.40. The van der Waals surface area contributed by atoms with Crippen LogP contribution >= 0.6 is 0 Å². The van der Waals surface area contributed by atoms with E-state index in [-0.39, 0.29) is 12.2 Å². The minimum atomic E-state index is -0.422. The maximum absolute atomic E-state index is 12.2. The molecule has 2 saturated heterocycles. The Morgan fingerprint density at radius 1 is 1.15 bits per heavy atom. The van der Waals surface area contributed by atoms with Crippen LogP contribution in [-0.2, 0) is 4.74 Å². The van der Waals surface area contributed by atoms with Gasteiger partial charge in [0, 0.05) is 32.7 Å². The van der Waals surface area contributed by atoms with E-state index in [4.69, 9.17) is 4.74 Å². The van der Waals surface area contributed by atoms with E-state index >= 15 is 0 Å². The van der Waals surface area contributed by atoms with Gasteiger partial charge in [0.15, 0.2) is 0 Å². The first-order valence-electron chi connectivity index (χ1n) is 10.2. The molecule has 0 radical (unpaired) electrons. The zero-order chi connectivity index (χ0) is 19.3. The van der Waals surface area contributed by atoms with E-state index in [1.165, 1.54) is 12.8 Å². The fraction of sp³-hybridized carbons (Fsp3) is 0.950. The molecule has 152 valence electrons. The first kappa shape index (κ1) is 21.5. The molecule has 2 atom stereocenters. The van der Waals surface area contributed by atoms with Crippen molar-refractivity contribution in [2.75, 3.05) is 52.9 Å². The van der Waals surface area contributed by atoms with Gasteiger partial charge in [-0.1, -0.05) is 0 Å². The Bertz CT molecular complexity index is 442. The Hall–Kier alpha value is -0.850. The number of carbonyl (C=O) groups excluding carboxylic acids is 1. The normalized spacial score (nSPS) is 24.3. The molecule has 2 heterocycles. The predicted octanol–water partition coefficient (Wildman–Crippen LogP) is 2.27. The van der Waals surface area contributed by atoms with Gasteiger partial charge >= 0.3 is 6.09 Å². The molecule has 0 bridgehead atoms. The summed E-state index contributed by atoms with van der Waals surface area (Å²) in [6.45, 7) is 14.4. The van der Waals surface area contributed by atoms with Crippen molar-refractivity contribution < 1.29 is 14.6 Å². The molecule has 0 saturated carbocycles. The Kier molecular flexibility index (Phi) is 7.74. The van der Waals surface area contributed by atoms with E-state index in [9.17, 15) is 9.90 Å². The van der Waals surface area contributed by atoms with Crippen LogP contribution in [-0.4, -0.2) is 90.5 Å². The average Bonchev–Trinajstić information content (AvgIpc) is 2.95. The minimum Gasteiger partial charge on any atom is -0.444 e. The highest BCUT2D eigenvalue weighted by Gasteiger charge is 2.30. The number of likely N-dealkylation sites (tertiary alicyclic amines) is 2. The van der Waals surface area contributed by atoms with E-state index < -0.39 is 5.60 Å². The smallest absolute Gasteiger partial charge is 0.410 e. The number of hydrogen-bond acceptors (Lipinski definition) is 5. The third-order valence-corrected chi connectivity index (χ3v) is 5.31. The lowest BCUT2D eigenvalue weighted by molar-refractivity contribution is 0.0285. The number of carbonyl (C=O) groups is 1. The maximum atomic E-state index is 12.2. The van der Waals surface area contributed by atoms with Gasteiger partial charge < -0.3 is 24.5 Å². The molecule has 6 heteroatoms. The number of amides is 1. The molecule has 6 nitrogen and oxygen atoms in total. The van der Waals surface area contributed by atoms with Gasteiger partial charge in [-0.2, -0.15) is 0 Å². The quantitative estimate of drug-likeness (QED) is 0.778. The molecular weight excluding hydrogens is 330 g/mol. The molecule has 0 unspecified atom stereocenters. The third-order valence-electron chi connectivity index (χ3n) is 5.31. The Morgan fingerprint density at radius 2 is 1.73 bits per heavy atom. The van der Waals surface area contributed by atoms with Crippen molar-refractivity contribution >= 4 is 6.09 Å². The van der Waals surface area contributed by atoms with Gasteiger partial charge in [-0.05, 0) is 78.9 Å². The number of aliphatic hydroxyl groups excluding tert-OH is 1. The lowest BCUT2D eigenvalue weighted by Gasteiger charge is -2.34. The van der Waals surface area contributed by atoms with E-state index in [1.54, 1.807) is 0 Å². The summed E-state index contributed by atoms with van der Waals surface area (Å²) in [5, 5.41) is 9.51. The Balaban J connectivity index is 1.66. The summed E-state index contributed by atoms with van der Waals surface area (Å²) in [5.41, 5.74) is -0.422. The lowest BCUT2D eigenvalue weighted by Crippen LogP contribution is -2.41. The molecule has 0 aromatic carbocycles. The number of hydrogen-bond donors (Lipinski definition) is 1. The molecular formula is C20H39N3O3. The van der Waals surface area contributed by atoms with Crippen molar-refractivity contribution in [1.82, 2.24) is 14.7 Å². The topological polar surface area (TPSA) is 56.2 Å². The maximum Gasteiger partial charge on any atom is 0.410 e. The van der Waals surface area contributed by atoms with Gasteiger partial charge in [0.05, 0.1) is 6.10 Å². The zero-order valence-electron chi connectivity index (χ0n) is 17.4. The Labute approximate surface area is 159 Å². The first-order chi connectivity index (χ1) is 12.1. The van der Waals surface area contributed by atoms with Gasteiger partial charge in [-0.25, -0.2) is 4.79 Å². The Morgan fingerprint density at radius 3 is 2.31 bits per heavy atom. The largest absolute Gasteiger partial charge is 0.444 e. The van der Waals surface area contributed by atoms with Crippen LogP contribution in [0, 0.1) is 11.8 Å². The van der Waals surface area contributed by atoms with Gasteiger partial charge in [0.2, 0.25) is 0 Å². The van der Waals surface area contributed by atoms with E-state index in [0.29, 0.717) is 5.92 Å². The van der Waals surface area contributed by atoms with Crippen molar-refractivity contribution in [3.63, 3.8) is 0 Å². The van der Waals surface area contributed by atoms with Crippen molar-refractivity contribution in [1.29, 1.82) is 0 Å². The van der Waals surface area contributed by atoms with E-state index in [2.05, 4.69) is 16.8 Å².